The first-order valence-corrected chi connectivity index (χ1v) is 10.4. The van der Waals surface area contributed by atoms with Crippen LogP contribution in [0.5, 0.6) is 0 Å². The Morgan fingerprint density at radius 3 is 2.08 bits per heavy atom. The molecule has 0 radical (unpaired) electrons. The van der Waals surface area contributed by atoms with Crippen molar-refractivity contribution in [2.45, 2.75) is 39.0 Å². The number of aliphatic hydroxyl groups excluding tert-OH is 1. The number of halogens is 2. The van der Waals surface area contributed by atoms with Gasteiger partial charge in [-0.2, -0.15) is 0 Å². The molecule has 3 rings (SSSR count). The summed E-state index contributed by atoms with van der Waals surface area (Å²) in [4.78, 5) is 0. The van der Waals surface area contributed by atoms with Gasteiger partial charge in [0.1, 0.15) is 0 Å². The van der Waals surface area contributed by atoms with Gasteiger partial charge in [-0.05, 0) is 94.9 Å². The normalized spacial score (nSPS) is 14.4. The molecule has 3 aromatic rings. The highest BCUT2D eigenvalue weighted by Gasteiger charge is 2.15. The van der Waals surface area contributed by atoms with Crippen molar-refractivity contribution in [3.63, 3.8) is 0 Å². The third-order valence-corrected chi connectivity index (χ3v) is 5.84. The molecule has 0 amide bonds. The van der Waals surface area contributed by atoms with Gasteiger partial charge in [-0.3, -0.25) is 0 Å². The molecule has 0 saturated heterocycles. The lowest BCUT2D eigenvalue weighted by atomic mass is 10.2. The van der Waals surface area contributed by atoms with Crippen molar-refractivity contribution in [1.29, 1.82) is 0 Å². The Morgan fingerprint density at radius 1 is 1.04 bits per heavy atom. The van der Waals surface area contributed by atoms with Crippen LogP contribution in [0.2, 0.25) is 0 Å². The first-order chi connectivity index (χ1) is 11.5. The van der Waals surface area contributed by atoms with E-state index in [1.165, 1.54) is 28.9 Å². The SMILES string of the molecule is CCC(C)NCC(O)Cn1c2ccc(I)cc2c2cc(I)ccc21. The molecule has 2 aromatic carbocycles. The Balaban J connectivity index is 1.99. The minimum atomic E-state index is -0.406. The Hall–Kier alpha value is -0.380. The van der Waals surface area contributed by atoms with Crippen molar-refractivity contribution in [1.82, 2.24) is 9.88 Å². The second kappa shape index (κ2) is 7.88. The Bertz CT molecular complexity index is 800. The van der Waals surface area contributed by atoms with Gasteiger partial charge in [0.2, 0.25) is 0 Å². The van der Waals surface area contributed by atoms with Gasteiger partial charge < -0.3 is 15.0 Å². The number of fused-ring (bicyclic) bond motifs is 3. The van der Waals surface area contributed by atoms with E-state index in [4.69, 9.17) is 0 Å². The van der Waals surface area contributed by atoms with E-state index >= 15 is 0 Å². The highest BCUT2D eigenvalue weighted by Crippen LogP contribution is 2.31. The number of aliphatic hydroxyl groups is 1. The summed E-state index contributed by atoms with van der Waals surface area (Å²) in [5.41, 5.74) is 2.38. The van der Waals surface area contributed by atoms with Crippen molar-refractivity contribution in [2.24, 2.45) is 0 Å². The summed E-state index contributed by atoms with van der Waals surface area (Å²) in [6, 6.07) is 13.5. The van der Waals surface area contributed by atoms with Crippen LogP contribution in [0, 0.1) is 7.14 Å². The molecule has 0 aliphatic heterocycles. The van der Waals surface area contributed by atoms with E-state index in [-0.39, 0.29) is 0 Å². The van der Waals surface area contributed by atoms with Crippen molar-refractivity contribution < 1.29 is 5.11 Å². The van der Waals surface area contributed by atoms with Crippen LogP contribution in [-0.4, -0.2) is 28.4 Å². The number of aromatic nitrogens is 1. The third-order valence-electron chi connectivity index (χ3n) is 4.50. The largest absolute Gasteiger partial charge is 0.390 e. The number of nitrogens with zero attached hydrogens (tertiary/aromatic N) is 1. The molecule has 3 nitrogen and oxygen atoms in total. The van der Waals surface area contributed by atoms with Crippen LogP contribution >= 0.6 is 45.2 Å². The highest BCUT2D eigenvalue weighted by molar-refractivity contribution is 14.1. The van der Waals surface area contributed by atoms with Crippen molar-refractivity contribution >= 4 is 67.0 Å². The molecule has 0 aliphatic carbocycles. The number of nitrogens with one attached hydrogen (secondary N) is 1. The van der Waals surface area contributed by atoms with Crippen LogP contribution in [0.15, 0.2) is 36.4 Å². The summed E-state index contributed by atoms with van der Waals surface area (Å²) in [6.45, 7) is 5.52. The van der Waals surface area contributed by atoms with Gasteiger partial charge in [-0.15, -0.1) is 0 Å². The molecule has 0 fully saturated rings. The van der Waals surface area contributed by atoms with E-state index < -0.39 is 6.10 Å². The Kier molecular flexibility index (Phi) is 6.05. The molecular weight excluding hydrogens is 526 g/mol. The summed E-state index contributed by atoms with van der Waals surface area (Å²) in [5, 5.41) is 16.4. The molecule has 1 aromatic heterocycles. The van der Waals surface area contributed by atoms with Crippen LogP contribution in [0.25, 0.3) is 21.8 Å². The second-order valence-electron chi connectivity index (χ2n) is 6.30. The van der Waals surface area contributed by atoms with E-state index in [1.807, 2.05) is 0 Å². The summed E-state index contributed by atoms with van der Waals surface area (Å²) in [5.74, 6) is 0. The fourth-order valence-electron chi connectivity index (χ4n) is 3.00. The molecule has 2 N–H and O–H groups in total. The fraction of sp³-hybridized carbons (Fsp3) is 0.368. The first kappa shape index (κ1) is 18.4. The molecule has 24 heavy (non-hydrogen) atoms. The molecule has 1 heterocycles. The number of rotatable bonds is 6. The predicted molar refractivity (Wildman–Crippen MR) is 119 cm³/mol. The van der Waals surface area contributed by atoms with E-state index in [1.54, 1.807) is 0 Å². The molecule has 5 heteroatoms. The monoisotopic (exact) mass is 548 g/mol. The van der Waals surface area contributed by atoms with Crippen LogP contribution in [0.1, 0.15) is 20.3 Å². The lowest BCUT2D eigenvalue weighted by molar-refractivity contribution is 0.150. The Morgan fingerprint density at radius 2 is 1.58 bits per heavy atom. The molecule has 2 atom stereocenters. The van der Waals surface area contributed by atoms with Gasteiger partial charge >= 0.3 is 0 Å². The quantitative estimate of drug-likeness (QED) is 0.437. The average Bonchev–Trinajstić information content (AvgIpc) is 2.85. The zero-order valence-electron chi connectivity index (χ0n) is 13.9. The lowest BCUT2D eigenvalue weighted by Crippen LogP contribution is -2.35. The first-order valence-electron chi connectivity index (χ1n) is 8.28. The van der Waals surface area contributed by atoms with Gasteiger partial charge in [0, 0.05) is 41.5 Å². The number of hydrogen-bond acceptors (Lipinski definition) is 2. The summed E-state index contributed by atoms with van der Waals surface area (Å²) in [7, 11) is 0. The summed E-state index contributed by atoms with van der Waals surface area (Å²) >= 11 is 4.72. The molecule has 0 bridgehead atoms. The van der Waals surface area contributed by atoms with Crippen LogP contribution in [-0.2, 0) is 6.54 Å². The van der Waals surface area contributed by atoms with Crippen molar-refractivity contribution in [3.05, 3.63) is 43.5 Å². The second-order valence-corrected chi connectivity index (χ2v) is 8.80. The van der Waals surface area contributed by atoms with Crippen LogP contribution < -0.4 is 5.32 Å². The summed E-state index contributed by atoms with van der Waals surface area (Å²) in [6.07, 6.45) is 0.662. The molecular formula is C19H22I2N2O. The number of hydrogen-bond donors (Lipinski definition) is 2. The molecule has 0 spiro atoms. The minimum absolute atomic E-state index is 0.406. The fourth-order valence-corrected chi connectivity index (χ4v) is 3.98. The van der Waals surface area contributed by atoms with E-state index in [0.717, 1.165) is 6.42 Å². The number of benzene rings is 2. The van der Waals surface area contributed by atoms with Crippen molar-refractivity contribution in [2.75, 3.05) is 6.54 Å². The van der Waals surface area contributed by atoms with Gasteiger partial charge in [0.05, 0.1) is 12.6 Å². The van der Waals surface area contributed by atoms with Gasteiger partial charge in [-0.25, -0.2) is 0 Å². The van der Waals surface area contributed by atoms with Crippen LogP contribution in [0.4, 0.5) is 0 Å². The molecule has 2 unspecified atom stereocenters. The zero-order valence-corrected chi connectivity index (χ0v) is 18.2. The van der Waals surface area contributed by atoms with Gasteiger partial charge in [0.15, 0.2) is 0 Å². The maximum atomic E-state index is 10.5. The van der Waals surface area contributed by atoms with E-state index in [0.29, 0.717) is 19.1 Å². The molecule has 0 saturated carbocycles. The topological polar surface area (TPSA) is 37.2 Å². The smallest absolute Gasteiger partial charge is 0.0843 e. The molecule has 128 valence electrons. The lowest BCUT2D eigenvalue weighted by Gasteiger charge is -2.17. The standard InChI is InChI=1S/C19H22I2N2O/c1-3-12(2)22-10-15(24)11-23-18-6-4-13(20)8-16(18)17-9-14(21)5-7-19(17)23/h4-9,12,15,22,24H,3,10-11H2,1-2H3. The average molecular weight is 548 g/mol. The highest BCUT2D eigenvalue weighted by atomic mass is 127. The maximum Gasteiger partial charge on any atom is 0.0843 e. The van der Waals surface area contributed by atoms with Gasteiger partial charge in [-0.1, -0.05) is 6.92 Å². The van der Waals surface area contributed by atoms with Crippen LogP contribution in [0.3, 0.4) is 0 Å². The molecule has 0 aliphatic rings. The predicted octanol–water partition coefficient (Wildman–Crippen LogP) is 4.75. The maximum absolute atomic E-state index is 10.5. The van der Waals surface area contributed by atoms with E-state index in [9.17, 15) is 5.11 Å². The third kappa shape index (κ3) is 3.89. The van der Waals surface area contributed by atoms with E-state index in [2.05, 4.69) is 105 Å². The Labute approximate surface area is 170 Å². The van der Waals surface area contributed by atoms with Crippen molar-refractivity contribution in [3.8, 4) is 0 Å². The van der Waals surface area contributed by atoms with Gasteiger partial charge in [0.25, 0.3) is 0 Å². The summed E-state index contributed by atoms with van der Waals surface area (Å²) < 4.78 is 4.72. The zero-order chi connectivity index (χ0) is 17.3. The minimum Gasteiger partial charge on any atom is -0.390 e.